The molecule has 33 heavy (non-hydrogen) atoms. The average molecular weight is 472 g/mol. The minimum absolute atomic E-state index is 0.207. The van der Waals surface area contributed by atoms with Crippen molar-refractivity contribution in [1.29, 1.82) is 0 Å². The molecular weight excluding hydrogens is 437 g/mol. The van der Waals surface area contributed by atoms with Gasteiger partial charge in [0.15, 0.2) is 0 Å². The second-order valence-electron chi connectivity index (χ2n) is 9.28. The number of nitrogens with two attached hydrogens (primary N) is 1. The molecule has 2 aliphatic heterocycles. The highest BCUT2D eigenvalue weighted by Gasteiger charge is 2.37. The summed E-state index contributed by atoms with van der Waals surface area (Å²) in [6, 6.07) is 16.0. The van der Waals surface area contributed by atoms with Crippen molar-refractivity contribution < 1.29 is 13.9 Å². The quantitative estimate of drug-likeness (QED) is 0.575. The van der Waals surface area contributed by atoms with Crippen molar-refractivity contribution in [3.05, 3.63) is 71.0 Å². The molecule has 5 nitrogen and oxygen atoms in total. The average Bonchev–Trinajstić information content (AvgIpc) is 2.82. The van der Waals surface area contributed by atoms with Crippen LogP contribution in [0.25, 0.3) is 0 Å². The van der Waals surface area contributed by atoms with Gasteiger partial charge in [-0.05, 0) is 56.7 Å². The zero-order valence-corrected chi connectivity index (χ0v) is 20.2. The normalized spacial score (nSPS) is 24.3. The first-order valence-corrected chi connectivity index (χ1v) is 12.6. The SMILES string of the molecule is C[C@@H](NC1(c2ccc(CN3S[C@@H](c4ccccc4)CC[C@@H]3C)c(F)c2)CCOCC1)C(N)=O. The summed E-state index contributed by atoms with van der Waals surface area (Å²) in [5.41, 5.74) is 7.85. The van der Waals surface area contributed by atoms with E-state index in [0.717, 1.165) is 18.4 Å². The van der Waals surface area contributed by atoms with E-state index < -0.39 is 17.5 Å². The maximum atomic E-state index is 15.4. The van der Waals surface area contributed by atoms with Crippen molar-refractivity contribution in [2.45, 2.75) is 68.9 Å². The van der Waals surface area contributed by atoms with Crippen LogP contribution in [0.4, 0.5) is 4.39 Å². The fourth-order valence-electron chi connectivity index (χ4n) is 4.81. The van der Waals surface area contributed by atoms with E-state index >= 15 is 4.39 Å². The molecule has 0 bridgehead atoms. The van der Waals surface area contributed by atoms with Crippen LogP contribution in [0.2, 0.25) is 0 Å². The van der Waals surface area contributed by atoms with E-state index in [1.165, 1.54) is 5.56 Å². The van der Waals surface area contributed by atoms with E-state index in [1.54, 1.807) is 13.0 Å². The number of rotatable bonds is 7. The first kappa shape index (κ1) is 24.2. The summed E-state index contributed by atoms with van der Waals surface area (Å²) < 4.78 is 23.2. The third-order valence-electron chi connectivity index (χ3n) is 6.97. The number of nitrogens with one attached hydrogen (secondary N) is 1. The molecule has 2 saturated heterocycles. The van der Waals surface area contributed by atoms with Gasteiger partial charge in [-0.25, -0.2) is 8.70 Å². The number of hydrogen-bond acceptors (Lipinski definition) is 5. The number of carbonyl (C=O) groups excluding carboxylic acids is 1. The zero-order chi connectivity index (χ0) is 23.4. The lowest BCUT2D eigenvalue weighted by molar-refractivity contribution is -0.120. The van der Waals surface area contributed by atoms with Gasteiger partial charge in [-0.15, -0.1) is 0 Å². The number of nitrogens with zero attached hydrogens (tertiary/aromatic N) is 1. The highest BCUT2D eigenvalue weighted by Crippen LogP contribution is 2.43. The number of halogens is 1. The number of benzene rings is 2. The van der Waals surface area contributed by atoms with Gasteiger partial charge < -0.3 is 10.5 Å². The molecule has 0 saturated carbocycles. The second-order valence-corrected chi connectivity index (χ2v) is 10.5. The largest absolute Gasteiger partial charge is 0.381 e. The number of ether oxygens (including phenoxy) is 1. The molecule has 4 rings (SSSR count). The molecule has 3 N–H and O–H groups in total. The van der Waals surface area contributed by atoms with Gasteiger partial charge in [0.25, 0.3) is 0 Å². The second kappa shape index (κ2) is 10.6. The molecule has 0 unspecified atom stereocenters. The Morgan fingerprint density at radius 2 is 1.97 bits per heavy atom. The van der Waals surface area contributed by atoms with E-state index in [2.05, 4.69) is 40.8 Å². The van der Waals surface area contributed by atoms with Crippen molar-refractivity contribution in [2.24, 2.45) is 5.73 Å². The predicted octanol–water partition coefficient (Wildman–Crippen LogP) is 4.67. The summed E-state index contributed by atoms with van der Waals surface area (Å²) in [4.78, 5) is 11.7. The monoisotopic (exact) mass is 471 g/mol. The summed E-state index contributed by atoms with van der Waals surface area (Å²) in [5.74, 6) is -0.622. The molecule has 0 aromatic heterocycles. The van der Waals surface area contributed by atoms with Crippen LogP contribution in [0, 0.1) is 5.82 Å². The van der Waals surface area contributed by atoms with Gasteiger partial charge in [0.05, 0.1) is 6.04 Å². The molecular formula is C26H34FN3O2S. The molecule has 0 spiro atoms. The minimum atomic E-state index is -0.516. The van der Waals surface area contributed by atoms with Gasteiger partial charge in [-0.1, -0.05) is 54.4 Å². The van der Waals surface area contributed by atoms with Crippen LogP contribution >= 0.6 is 11.9 Å². The summed E-state index contributed by atoms with van der Waals surface area (Å²) in [5, 5.41) is 3.77. The maximum Gasteiger partial charge on any atom is 0.234 e. The molecule has 3 atom stereocenters. The molecule has 2 heterocycles. The Morgan fingerprint density at radius 1 is 1.24 bits per heavy atom. The first-order valence-electron chi connectivity index (χ1n) is 11.8. The van der Waals surface area contributed by atoms with Gasteiger partial charge in [0, 0.05) is 42.2 Å². The van der Waals surface area contributed by atoms with Crippen molar-refractivity contribution >= 4 is 17.9 Å². The number of carbonyl (C=O) groups is 1. The lowest BCUT2D eigenvalue weighted by Gasteiger charge is -2.40. The number of hydrogen-bond donors (Lipinski definition) is 2. The fourth-order valence-corrected chi connectivity index (χ4v) is 6.18. The highest BCUT2D eigenvalue weighted by atomic mass is 32.2. The standard InChI is InChI=1S/C26H34FN3O2S/c1-18-8-11-24(20-6-4-3-5-7-20)33-30(18)17-21-9-10-22(16-23(21)27)26(12-14-32-15-13-26)29-19(2)25(28)31/h3-7,9-10,16,18-19,24,29H,8,11-15,17H2,1-2H3,(H2,28,31)/t18-,19+,24+/m0/s1. The smallest absolute Gasteiger partial charge is 0.234 e. The van der Waals surface area contributed by atoms with Gasteiger partial charge in [0.2, 0.25) is 5.91 Å². The van der Waals surface area contributed by atoms with Gasteiger partial charge in [-0.2, -0.15) is 0 Å². The Hall–Kier alpha value is -1.93. The molecule has 7 heteroatoms. The topological polar surface area (TPSA) is 67.6 Å². The molecule has 0 aliphatic carbocycles. The molecule has 2 aliphatic rings. The Balaban J connectivity index is 1.52. The van der Waals surface area contributed by atoms with Crippen molar-refractivity contribution in [3.8, 4) is 0 Å². The highest BCUT2D eigenvalue weighted by molar-refractivity contribution is 7.97. The number of amides is 1. The summed E-state index contributed by atoms with van der Waals surface area (Å²) in [7, 11) is 0. The van der Waals surface area contributed by atoms with Crippen LogP contribution in [0.3, 0.4) is 0 Å². The molecule has 2 aromatic carbocycles. The maximum absolute atomic E-state index is 15.4. The van der Waals surface area contributed by atoms with E-state index in [-0.39, 0.29) is 5.82 Å². The van der Waals surface area contributed by atoms with Crippen LogP contribution in [0.1, 0.15) is 61.5 Å². The van der Waals surface area contributed by atoms with E-state index in [1.807, 2.05) is 30.1 Å². The first-order chi connectivity index (χ1) is 15.9. The molecule has 1 amide bonds. The van der Waals surface area contributed by atoms with E-state index in [0.29, 0.717) is 49.5 Å². The summed E-state index contributed by atoms with van der Waals surface area (Å²) in [6.45, 7) is 5.65. The molecule has 0 radical (unpaired) electrons. The molecule has 178 valence electrons. The Morgan fingerprint density at radius 3 is 2.64 bits per heavy atom. The predicted molar refractivity (Wildman–Crippen MR) is 131 cm³/mol. The Kier molecular flexibility index (Phi) is 7.74. The Labute approximate surface area is 200 Å². The molecule has 2 aromatic rings. The lowest BCUT2D eigenvalue weighted by Crippen LogP contribution is -2.54. The van der Waals surface area contributed by atoms with Crippen LogP contribution < -0.4 is 11.1 Å². The third kappa shape index (κ3) is 5.60. The van der Waals surface area contributed by atoms with Crippen molar-refractivity contribution in [1.82, 2.24) is 9.62 Å². The number of primary amides is 1. The van der Waals surface area contributed by atoms with Crippen molar-refractivity contribution in [3.63, 3.8) is 0 Å². The van der Waals surface area contributed by atoms with Crippen LogP contribution in [0.5, 0.6) is 0 Å². The van der Waals surface area contributed by atoms with Crippen LogP contribution in [0.15, 0.2) is 48.5 Å². The molecule has 2 fully saturated rings. The van der Waals surface area contributed by atoms with Crippen LogP contribution in [-0.4, -0.2) is 35.5 Å². The summed E-state index contributed by atoms with van der Waals surface area (Å²) >= 11 is 1.83. The third-order valence-corrected chi connectivity index (χ3v) is 8.49. The van der Waals surface area contributed by atoms with E-state index in [4.69, 9.17) is 10.5 Å². The van der Waals surface area contributed by atoms with Crippen LogP contribution in [-0.2, 0) is 21.6 Å². The van der Waals surface area contributed by atoms with E-state index in [9.17, 15) is 4.79 Å². The minimum Gasteiger partial charge on any atom is -0.381 e. The van der Waals surface area contributed by atoms with Gasteiger partial charge in [-0.3, -0.25) is 10.1 Å². The summed E-state index contributed by atoms with van der Waals surface area (Å²) in [6.07, 6.45) is 3.55. The fraction of sp³-hybridized carbons (Fsp3) is 0.500. The van der Waals surface area contributed by atoms with Gasteiger partial charge >= 0.3 is 0 Å². The van der Waals surface area contributed by atoms with Crippen molar-refractivity contribution in [2.75, 3.05) is 13.2 Å². The van der Waals surface area contributed by atoms with Gasteiger partial charge in [0.1, 0.15) is 5.82 Å². The lowest BCUT2D eigenvalue weighted by atomic mass is 9.81. The zero-order valence-electron chi connectivity index (χ0n) is 19.4. The Bertz CT molecular complexity index is 952.